The van der Waals surface area contributed by atoms with E-state index < -0.39 is 0 Å². The molecule has 0 amide bonds. The molecule has 18 heavy (non-hydrogen) atoms. The number of thioether (sulfide) groups is 1. The predicted octanol–water partition coefficient (Wildman–Crippen LogP) is 3.87. The van der Waals surface area contributed by atoms with Gasteiger partial charge in [0.1, 0.15) is 0 Å². The fourth-order valence-corrected chi connectivity index (χ4v) is 2.69. The zero-order valence-corrected chi connectivity index (χ0v) is 11.5. The van der Waals surface area contributed by atoms with Crippen LogP contribution in [0, 0.1) is 0 Å². The summed E-state index contributed by atoms with van der Waals surface area (Å²) in [7, 11) is 0. The Bertz CT molecular complexity index is 462. The molecule has 0 unspecified atom stereocenters. The van der Waals surface area contributed by atoms with Crippen LogP contribution in [-0.2, 0) is 12.2 Å². The van der Waals surface area contributed by atoms with E-state index in [1.54, 1.807) is 0 Å². The Balaban J connectivity index is 1.90. The maximum atomic E-state index is 5.79. The van der Waals surface area contributed by atoms with Crippen LogP contribution in [-0.4, -0.2) is 6.04 Å². The van der Waals surface area contributed by atoms with Gasteiger partial charge in [0.15, 0.2) is 0 Å². The first-order valence-corrected chi connectivity index (χ1v) is 7.24. The third kappa shape index (κ3) is 4.21. The van der Waals surface area contributed by atoms with Crippen molar-refractivity contribution in [3.63, 3.8) is 0 Å². The molecule has 0 aliphatic rings. The molecule has 0 bridgehead atoms. The topological polar surface area (TPSA) is 26.0 Å². The van der Waals surface area contributed by atoms with Crippen molar-refractivity contribution in [2.75, 3.05) is 0 Å². The van der Waals surface area contributed by atoms with Crippen molar-refractivity contribution < 1.29 is 0 Å². The van der Waals surface area contributed by atoms with E-state index >= 15 is 0 Å². The van der Waals surface area contributed by atoms with E-state index in [1.807, 2.05) is 18.7 Å². The Morgan fingerprint density at radius 1 is 0.944 bits per heavy atom. The van der Waals surface area contributed by atoms with E-state index in [4.69, 9.17) is 5.73 Å². The van der Waals surface area contributed by atoms with Gasteiger partial charge >= 0.3 is 0 Å². The number of hydrogen-bond donors (Lipinski definition) is 1. The van der Waals surface area contributed by atoms with E-state index in [0.717, 1.165) is 12.2 Å². The molecular weight excluding hydrogens is 238 g/mol. The lowest BCUT2D eigenvalue weighted by Crippen LogP contribution is -2.17. The molecule has 0 saturated heterocycles. The lowest BCUT2D eigenvalue weighted by atomic mass is 10.1. The summed E-state index contributed by atoms with van der Waals surface area (Å²) in [5, 5.41) is 0. The minimum absolute atomic E-state index is 0.229. The van der Waals surface area contributed by atoms with Gasteiger partial charge in [-0.1, -0.05) is 42.5 Å². The summed E-state index contributed by atoms with van der Waals surface area (Å²) in [5.74, 6) is 1.02. The SMILES string of the molecule is C[C@H](N)Cc1ccc(SCc2ccccc2)cc1. The van der Waals surface area contributed by atoms with Gasteiger partial charge in [-0.2, -0.15) is 0 Å². The predicted molar refractivity (Wildman–Crippen MR) is 79.8 cm³/mol. The standard InChI is InChI=1S/C16H19NS/c1-13(17)11-14-7-9-16(10-8-14)18-12-15-5-3-2-4-6-15/h2-10,13H,11-12,17H2,1H3/t13-/m0/s1. The normalized spacial score (nSPS) is 12.3. The number of nitrogens with two attached hydrogens (primary N) is 1. The summed E-state index contributed by atoms with van der Waals surface area (Å²) in [6.07, 6.45) is 0.948. The average molecular weight is 257 g/mol. The van der Waals surface area contributed by atoms with Crippen molar-refractivity contribution in [2.45, 2.75) is 30.0 Å². The molecule has 2 aromatic rings. The molecule has 0 aliphatic carbocycles. The zero-order chi connectivity index (χ0) is 12.8. The summed E-state index contributed by atoms with van der Waals surface area (Å²) in [6.45, 7) is 2.04. The van der Waals surface area contributed by atoms with Gasteiger partial charge in [0.2, 0.25) is 0 Å². The lowest BCUT2D eigenvalue weighted by Gasteiger charge is -2.06. The number of benzene rings is 2. The van der Waals surface area contributed by atoms with Gasteiger partial charge in [-0.25, -0.2) is 0 Å². The van der Waals surface area contributed by atoms with Gasteiger partial charge in [-0.15, -0.1) is 11.8 Å². The fraction of sp³-hybridized carbons (Fsp3) is 0.250. The second-order valence-corrected chi connectivity index (χ2v) is 5.65. The summed E-state index contributed by atoms with van der Waals surface area (Å²) < 4.78 is 0. The molecule has 2 heteroatoms. The molecular formula is C16H19NS. The van der Waals surface area contributed by atoms with E-state index in [9.17, 15) is 0 Å². The van der Waals surface area contributed by atoms with Crippen molar-refractivity contribution >= 4 is 11.8 Å². The summed E-state index contributed by atoms with van der Waals surface area (Å²) in [5.41, 5.74) is 8.47. The average Bonchev–Trinajstić information content (AvgIpc) is 2.38. The lowest BCUT2D eigenvalue weighted by molar-refractivity contribution is 0.737. The first kappa shape index (κ1) is 13.2. The molecule has 94 valence electrons. The van der Waals surface area contributed by atoms with Crippen LogP contribution in [0.15, 0.2) is 59.5 Å². The highest BCUT2D eigenvalue weighted by atomic mass is 32.2. The molecule has 1 nitrogen and oxygen atoms in total. The monoisotopic (exact) mass is 257 g/mol. The molecule has 2 aromatic carbocycles. The van der Waals surface area contributed by atoms with Crippen LogP contribution in [0.25, 0.3) is 0 Å². The van der Waals surface area contributed by atoms with Crippen LogP contribution in [0.2, 0.25) is 0 Å². The van der Waals surface area contributed by atoms with Gasteiger partial charge in [-0.3, -0.25) is 0 Å². The van der Waals surface area contributed by atoms with Crippen LogP contribution in [0.5, 0.6) is 0 Å². The van der Waals surface area contributed by atoms with Crippen LogP contribution in [0.1, 0.15) is 18.1 Å². The largest absolute Gasteiger partial charge is 0.328 e. The molecule has 0 heterocycles. The second kappa shape index (κ2) is 6.62. The Hall–Kier alpha value is -1.25. The summed E-state index contributed by atoms with van der Waals surface area (Å²) in [6, 6.07) is 19.5. The molecule has 1 atom stereocenters. The molecule has 0 fully saturated rings. The Morgan fingerprint density at radius 3 is 2.22 bits per heavy atom. The number of rotatable bonds is 5. The minimum atomic E-state index is 0.229. The summed E-state index contributed by atoms with van der Waals surface area (Å²) in [4.78, 5) is 1.31. The van der Waals surface area contributed by atoms with Gasteiger partial charge in [-0.05, 0) is 36.6 Å². The van der Waals surface area contributed by atoms with Crippen molar-refractivity contribution in [1.29, 1.82) is 0 Å². The van der Waals surface area contributed by atoms with Crippen LogP contribution in [0.3, 0.4) is 0 Å². The van der Waals surface area contributed by atoms with Crippen molar-refractivity contribution in [1.82, 2.24) is 0 Å². The fourth-order valence-electron chi connectivity index (χ4n) is 1.83. The van der Waals surface area contributed by atoms with Crippen LogP contribution < -0.4 is 5.73 Å². The van der Waals surface area contributed by atoms with Gasteiger partial charge < -0.3 is 5.73 Å². The zero-order valence-electron chi connectivity index (χ0n) is 10.7. The van der Waals surface area contributed by atoms with Gasteiger partial charge in [0.25, 0.3) is 0 Å². The minimum Gasteiger partial charge on any atom is -0.328 e. The van der Waals surface area contributed by atoms with Crippen molar-refractivity contribution in [3.05, 3.63) is 65.7 Å². The first-order valence-electron chi connectivity index (χ1n) is 6.25. The quantitative estimate of drug-likeness (QED) is 0.823. The van der Waals surface area contributed by atoms with E-state index in [0.29, 0.717) is 0 Å². The molecule has 0 radical (unpaired) electrons. The second-order valence-electron chi connectivity index (χ2n) is 4.60. The highest BCUT2D eigenvalue weighted by Gasteiger charge is 1.99. The van der Waals surface area contributed by atoms with Crippen molar-refractivity contribution in [2.24, 2.45) is 5.73 Å². The molecule has 0 aromatic heterocycles. The summed E-state index contributed by atoms with van der Waals surface area (Å²) >= 11 is 1.87. The first-order chi connectivity index (χ1) is 8.74. The molecule has 0 aliphatic heterocycles. The smallest absolute Gasteiger partial charge is 0.0231 e. The van der Waals surface area contributed by atoms with Crippen LogP contribution >= 0.6 is 11.8 Å². The molecule has 2 N–H and O–H groups in total. The molecule has 2 rings (SSSR count). The maximum Gasteiger partial charge on any atom is 0.0231 e. The van der Waals surface area contributed by atoms with Crippen LogP contribution in [0.4, 0.5) is 0 Å². The number of hydrogen-bond acceptors (Lipinski definition) is 2. The van der Waals surface area contributed by atoms with Gasteiger partial charge in [0, 0.05) is 16.7 Å². The van der Waals surface area contributed by atoms with Gasteiger partial charge in [0.05, 0.1) is 0 Å². The maximum absolute atomic E-state index is 5.79. The Kier molecular flexibility index (Phi) is 4.85. The Labute approximate surface area is 113 Å². The third-order valence-corrected chi connectivity index (χ3v) is 3.81. The van der Waals surface area contributed by atoms with E-state index in [1.165, 1.54) is 16.0 Å². The van der Waals surface area contributed by atoms with Crippen molar-refractivity contribution in [3.8, 4) is 0 Å². The third-order valence-electron chi connectivity index (χ3n) is 2.73. The van der Waals surface area contributed by atoms with E-state index in [-0.39, 0.29) is 6.04 Å². The Morgan fingerprint density at radius 2 is 1.61 bits per heavy atom. The highest BCUT2D eigenvalue weighted by molar-refractivity contribution is 7.98. The highest BCUT2D eigenvalue weighted by Crippen LogP contribution is 2.23. The van der Waals surface area contributed by atoms with E-state index in [2.05, 4.69) is 54.6 Å². The molecule has 0 saturated carbocycles. The molecule has 0 spiro atoms.